The SMILES string of the molecule is C=CCOc1ccccc1OCC(=O)NCCn1ccc2ccccc21. The van der Waals surface area contributed by atoms with Crippen molar-refractivity contribution in [2.24, 2.45) is 0 Å². The molecule has 0 bridgehead atoms. The maximum atomic E-state index is 12.0. The summed E-state index contributed by atoms with van der Waals surface area (Å²) in [6, 6.07) is 17.5. The lowest BCUT2D eigenvalue weighted by Crippen LogP contribution is -2.31. The van der Waals surface area contributed by atoms with Gasteiger partial charge in [0, 0.05) is 24.8 Å². The van der Waals surface area contributed by atoms with Crippen molar-refractivity contribution in [3.8, 4) is 11.5 Å². The van der Waals surface area contributed by atoms with Gasteiger partial charge in [-0.1, -0.05) is 43.0 Å². The van der Waals surface area contributed by atoms with Crippen molar-refractivity contribution in [3.63, 3.8) is 0 Å². The molecule has 0 saturated carbocycles. The van der Waals surface area contributed by atoms with E-state index in [-0.39, 0.29) is 12.5 Å². The number of para-hydroxylation sites is 3. The molecule has 0 aliphatic heterocycles. The summed E-state index contributed by atoms with van der Waals surface area (Å²) in [6.07, 6.45) is 3.69. The van der Waals surface area contributed by atoms with Crippen LogP contribution in [0.25, 0.3) is 10.9 Å². The summed E-state index contributed by atoms with van der Waals surface area (Å²) in [7, 11) is 0. The number of fused-ring (bicyclic) bond motifs is 1. The van der Waals surface area contributed by atoms with Crippen molar-refractivity contribution in [1.29, 1.82) is 0 Å². The molecule has 0 unspecified atom stereocenters. The molecule has 134 valence electrons. The van der Waals surface area contributed by atoms with E-state index in [0.717, 1.165) is 5.52 Å². The molecule has 1 amide bonds. The second-order valence-electron chi connectivity index (χ2n) is 5.75. The normalized spacial score (nSPS) is 10.5. The standard InChI is InChI=1S/C21H22N2O3/c1-2-15-25-19-9-5-6-10-20(19)26-16-21(24)22-12-14-23-13-11-17-7-3-4-8-18(17)23/h2-11,13H,1,12,14-16H2,(H,22,24). The van der Waals surface area contributed by atoms with Crippen molar-refractivity contribution < 1.29 is 14.3 Å². The molecule has 1 heterocycles. The van der Waals surface area contributed by atoms with E-state index in [1.54, 1.807) is 18.2 Å². The minimum atomic E-state index is -0.167. The molecule has 0 saturated heterocycles. The van der Waals surface area contributed by atoms with Crippen LogP contribution in [0.2, 0.25) is 0 Å². The highest BCUT2D eigenvalue weighted by atomic mass is 16.5. The summed E-state index contributed by atoms with van der Waals surface area (Å²) >= 11 is 0. The predicted molar refractivity (Wildman–Crippen MR) is 103 cm³/mol. The van der Waals surface area contributed by atoms with Crippen LogP contribution in [0.3, 0.4) is 0 Å². The number of carbonyl (C=O) groups is 1. The van der Waals surface area contributed by atoms with Crippen LogP contribution in [0.1, 0.15) is 0 Å². The van der Waals surface area contributed by atoms with Gasteiger partial charge in [0.2, 0.25) is 0 Å². The predicted octanol–water partition coefficient (Wildman–Crippen LogP) is 3.40. The lowest BCUT2D eigenvalue weighted by atomic mass is 10.2. The zero-order valence-corrected chi connectivity index (χ0v) is 14.6. The molecular formula is C21H22N2O3. The minimum Gasteiger partial charge on any atom is -0.486 e. The van der Waals surface area contributed by atoms with Gasteiger partial charge in [-0.25, -0.2) is 0 Å². The third-order valence-corrected chi connectivity index (χ3v) is 3.92. The van der Waals surface area contributed by atoms with E-state index in [0.29, 0.717) is 31.2 Å². The quantitative estimate of drug-likeness (QED) is 0.602. The van der Waals surface area contributed by atoms with E-state index in [1.165, 1.54) is 5.39 Å². The van der Waals surface area contributed by atoms with Gasteiger partial charge in [-0.2, -0.15) is 0 Å². The lowest BCUT2D eigenvalue weighted by molar-refractivity contribution is -0.123. The highest BCUT2D eigenvalue weighted by Crippen LogP contribution is 2.26. The fourth-order valence-electron chi connectivity index (χ4n) is 2.68. The molecule has 2 aromatic carbocycles. The number of ether oxygens (including phenoxy) is 2. The van der Waals surface area contributed by atoms with E-state index in [4.69, 9.17) is 9.47 Å². The van der Waals surface area contributed by atoms with Gasteiger partial charge in [0.1, 0.15) is 6.61 Å². The van der Waals surface area contributed by atoms with Gasteiger partial charge in [0.05, 0.1) is 0 Å². The second kappa shape index (κ2) is 8.76. The zero-order chi connectivity index (χ0) is 18.2. The van der Waals surface area contributed by atoms with Gasteiger partial charge >= 0.3 is 0 Å². The molecule has 3 rings (SSSR count). The third kappa shape index (κ3) is 4.45. The average Bonchev–Trinajstić information content (AvgIpc) is 3.08. The Labute approximate surface area is 152 Å². The summed E-state index contributed by atoms with van der Waals surface area (Å²) in [5.41, 5.74) is 1.16. The number of nitrogens with one attached hydrogen (secondary N) is 1. The smallest absolute Gasteiger partial charge is 0.258 e. The van der Waals surface area contributed by atoms with E-state index in [1.807, 2.05) is 30.5 Å². The Kier molecular flexibility index (Phi) is 5.93. The number of hydrogen-bond acceptors (Lipinski definition) is 3. The number of carbonyl (C=O) groups excluding carboxylic acids is 1. The van der Waals surface area contributed by atoms with Gasteiger partial charge in [-0.15, -0.1) is 0 Å². The van der Waals surface area contributed by atoms with Crippen LogP contribution in [-0.4, -0.2) is 30.2 Å². The van der Waals surface area contributed by atoms with Crippen LogP contribution in [0.5, 0.6) is 11.5 Å². The Morgan fingerprint density at radius 3 is 2.58 bits per heavy atom. The van der Waals surface area contributed by atoms with Crippen molar-refractivity contribution in [3.05, 3.63) is 73.4 Å². The molecule has 1 aromatic heterocycles. The van der Waals surface area contributed by atoms with E-state index < -0.39 is 0 Å². The Hall–Kier alpha value is -3.21. The van der Waals surface area contributed by atoms with Gasteiger partial charge < -0.3 is 19.4 Å². The molecule has 0 fully saturated rings. The fraction of sp³-hybridized carbons (Fsp3) is 0.190. The topological polar surface area (TPSA) is 52.5 Å². The Morgan fingerprint density at radius 2 is 1.77 bits per heavy atom. The first kappa shape index (κ1) is 17.6. The Bertz CT molecular complexity index is 886. The highest BCUT2D eigenvalue weighted by molar-refractivity contribution is 5.80. The number of nitrogens with zero attached hydrogens (tertiary/aromatic N) is 1. The third-order valence-electron chi connectivity index (χ3n) is 3.92. The minimum absolute atomic E-state index is 0.0547. The van der Waals surface area contributed by atoms with Crippen LogP contribution < -0.4 is 14.8 Å². The van der Waals surface area contributed by atoms with Gasteiger partial charge in [-0.05, 0) is 29.7 Å². The first-order valence-electron chi connectivity index (χ1n) is 8.54. The summed E-state index contributed by atoms with van der Waals surface area (Å²) < 4.78 is 13.2. The first-order chi connectivity index (χ1) is 12.8. The van der Waals surface area contributed by atoms with Crippen LogP contribution in [0, 0.1) is 0 Å². The Balaban J connectivity index is 1.47. The molecule has 3 aromatic rings. The number of benzene rings is 2. The largest absolute Gasteiger partial charge is 0.486 e. The van der Waals surface area contributed by atoms with Crippen molar-refractivity contribution in [2.45, 2.75) is 6.54 Å². The monoisotopic (exact) mass is 350 g/mol. The second-order valence-corrected chi connectivity index (χ2v) is 5.75. The maximum absolute atomic E-state index is 12.0. The van der Waals surface area contributed by atoms with Gasteiger partial charge in [0.25, 0.3) is 5.91 Å². The lowest BCUT2D eigenvalue weighted by Gasteiger charge is -2.12. The van der Waals surface area contributed by atoms with Crippen molar-refractivity contribution in [1.82, 2.24) is 9.88 Å². The molecule has 26 heavy (non-hydrogen) atoms. The molecule has 0 aliphatic carbocycles. The number of rotatable bonds is 9. The number of hydrogen-bond donors (Lipinski definition) is 1. The molecule has 5 nitrogen and oxygen atoms in total. The van der Waals surface area contributed by atoms with Crippen LogP contribution in [-0.2, 0) is 11.3 Å². The molecule has 0 radical (unpaired) electrons. The van der Waals surface area contributed by atoms with Crippen LogP contribution >= 0.6 is 0 Å². The zero-order valence-electron chi connectivity index (χ0n) is 14.6. The molecular weight excluding hydrogens is 328 g/mol. The number of amides is 1. The molecule has 1 N–H and O–H groups in total. The summed E-state index contributed by atoms with van der Waals surface area (Å²) in [6.45, 7) is 5.20. The average molecular weight is 350 g/mol. The van der Waals surface area contributed by atoms with Gasteiger partial charge in [0.15, 0.2) is 18.1 Å². The summed E-state index contributed by atoms with van der Waals surface area (Å²) in [4.78, 5) is 12.0. The highest BCUT2D eigenvalue weighted by Gasteiger charge is 2.07. The van der Waals surface area contributed by atoms with E-state index in [2.05, 4.69) is 34.7 Å². The summed E-state index contributed by atoms with van der Waals surface area (Å²) in [5, 5.41) is 4.07. The van der Waals surface area contributed by atoms with Crippen LogP contribution in [0.15, 0.2) is 73.4 Å². The molecule has 0 aliphatic rings. The Morgan fingerprint density at radius 1 is 1.04 bits per heavy atom. The fourth-order valence-corrected chi connectivity index (χ4v) is 2.68. The van der Waals surface area contributed by atoms with Crippen LogP contribution in [0.4, 0.5) is 0 Å². The maximum Gasteiger partial charge on any atom is 0.258 e. The summed E-state index contributed by atoms with van der Waals surface area (Å²) in [5.74, 6) is 0.972. The van der Waals surface area contributed by atoms with Gasteiger partial charge in [-0.3, -0.25) is 4.79 Å². The van der Waals surface area contributed by atoms with Crippen molar-refractivity contribution >= 4 is 16.8 Å². The van der Waals surface area contributed by atoms with E-state index in [9.17, 15) is 4.79 Å². The number of aromatic nitrogens is 1. The molecule has 0 spiro atoms. The van der Waals surface area contributed by atoms with E-state index >= 15 is 0 Å². The molecule has 5 heteroatoms. The molecule has 0 atom stereocenters. The van der Waals surface area contributed by atoms with Crippen molar-refractivity contribution in [2.75, 3.05) is 19.8 Å². The first-order valence-corrected chi connectivity index (χ1v) is 8.54.